The van der Waals surface area contributed by atoms with Crippen LogP contribution in [-0.4, -0.2) is 60.4 Å². The van der Waals surface area contributed by atoms with E-state index in [2.05, 4.69) is 24.1 Å². The van der Waals surface area contributed by atoms with Crippen molar-refractivity contribution in [1.82, 2.24) is 15.1 Å². The van der Waals surface area contributed by atoms with Crippen LogP contribution >= 0.6 is 23.2 Å². The Morgan fingerprint density at radius 3 is 2.55 bits per heavy atom. The molecule has 5 nitrogen and oxygen atoms in total. The number of benzene rings is 1. The average molecular weight is 440 g/mol. The van der Waals surface area contributed by atoms with Crippen LogP contribution in [0.25, 0.3) is 0 Å². The molecule has 2 saturated heterocycles. The first-order valence-corrected chi connectivity index (χ1v) is 11.4. The van der Waals surface area contributed by atoms with Crippen molar-refractivity contribution in [3.63, 3.8) is 0 Å². The number of hydrogen-bond acceptors (Lipinski definition) is 3. The van der Waals surface area contributed by atoms with Crippen LogP contribution in [0.15, 0.2) is 18.2 Å². The molecule has 1 N–H and O–H groups in total. The fraction of sp³-hybridized carbons (Fsp3) is 0.636. The zero-order chi connectivity index (χ0) is 21.0. The lowest BCUT2D eigenvalue weighted by Crippen LogP contribution is -2.61. The van der Waals surface area contributed by atoms with E-state index in [0.29, 0.717) is 35.0 Å². The third kappa shape index (κ3) is 5.65. The molecule has 0 aliphatic carbocycles. The summed E-state index contributed by atoms with van der Waals surface area (Å²) in [5, 5.41) is 3.95. The summed E-state index contributed by atoms with van der Waals surface area (Å²) in [5.41, 5.74) is 1.20. The van der Waals surface area contributed by atoms with Crippen LogP contribution in [0.1, 0.15) is 38.7 Å². The van der Waals surface area contributed by atoms with Crippen molar-refractivity contribution in [3.05, 3.63) is 33.8 Å². The van der Waals surface area contributed by atoms with Gasteiger partial charge in [-0.05, 0) is 61.9 Å². The summed E-state index contributed by atoms with van der Waals surface area (Å²) < 4.78 is 0. The summed E-state index contributed by atoms with van der Waals surface area (Å²) in [6.07, 6.45) is 4.06. The van der Waals surface area contributed by atoms with Crippen LogP contribution in [0.4, 0.5) is 0 Å². The molecular formula is C22H31Cl2N3O2. The topological polar surface area (TPSA) is 52.7 Å². The normalized spacial score (nSPS) is 22.6. The fourth-order valence-corrected chi connectivity index (χ4v) is 4.64. The van der Waals surface area contributed by atoms with Crippen molar-refractivity contribution in [3.8, 4) is 0 Å². The van der Waals surface area contributed by atoms with Crippen LogP contribution in [0.2, 0.25) is 10.0 Å². The number of likely N-dealkylation sites (tertiary alicyclic amines) is 1. The number of hydrogen-bond donors (Lipinski definition) is 1. The third-order valence-electron chi connectivity index (χ3n) is 6.49. The van der Waals surface area contributed by atoms with Gasteiger partial charge in [-0.15, -0.1) is 0 Å². The molecular weight excluding hydrogens is 409 g/mol. The van der Waals surface area contributed by atoms with E-state index in [1.54, 1.807) is 0 Å². The standard InChI is InChI=1S/C22H31Cl2N3O2/c1-3-15(2)20-13-25-21(28)22(29)27(20)14-17-7-10-26(11-8-17)9-6-16-4-5-18(23)19(24)12-16/h4-5,12,15,17,20H,3,6-11,13-14H2,1-2H3,(H,25,28)/t15-,20+/m0/s1. The van der Waals surface area contributed by atoms with Gasteiger partial charge < -0.3 is 15.1 Å². The zero-order valence-corrected chi connectivity index (χ0v) is 18.8. The van der Waals surface area contributed by atoms with E-state index in [4.69, 9.17) is 23.2 Å². The van der Waals surface area contributed by atoms with E-state index in [9.17, 15) is 9.59 Å². The lowest BCUT2D eigenvalue weighted by atomic mass is 9.91. The van der Waals surface area contributed by atoms with Gasteiger partial charge in [-0.2, -0.15) is 0 Å². The first-order chi connectivity index (χ1) is 13.9. The van der Waals surface area contributed by atoms with Crippen LogP contribution in [0.5, 0.6) is 0 Å². The Kier molecular flexibility index (Phi) is 7.83. The molecule has 1 aromatic carbocycles. The number of carbonyl (C=O) groups excluding carboxylic acids is 2. The second-order valence-corrected chi connectivity index (χ2v) is 9.22. The highest BCUT2D eigenvalue weighted by atomic mass is 35.5. The molecule has 7 heteroatoms. The third-order valence-corrected chi connectivity index (χ3v) is 7.23. The molecule has 29 heavy (non-hydrogen) atoms. The van der Waals surface area contributed by atoms with E-state index in [1.165, 1.54) is 5.56 Å². The molecule has 2 fully saturated rings. The Hall–Kier alpha value is -1.30. The summed E-state index contributed by atoms with van der Waals surface area (Å²) >= 11 is 12.1. The predicted octanol–water partition coefficient (Wildman–Crippen LogP) is 3.62. The monoisotopic (exact) mass is 439 g/mol. The van der Waals surface area contributed by atoms with Gasteiger partial charge in [-0.1, -0.05) is 49.5 Å². The molecule has 2 aliphatic rings. The lowest BCUT2D eigenvalue weighted by Gasteiger charge is -2.42. The number of rotatable bonds is 7. The van der Waals surface area contributed by atoms with E-state index < -0.39 is 5.91 Å². The minimum absolute atomic E-state index is 0.109. The molecule has 0 radical (unpaired) electrons. The largest absolute Gasteiger partial charge is 0.346 e. The van der Waals surface area contributed by atoms with Gasteiger partial charge in [0.15, 0.2) is 0 Å². The summed E-state index contributed by atoms with van der Waals surface area (Å²) in [7, 11) is 0. The quantitative estimate of drug-likeness (QED) is 0.659. The molecule has 1 aromatic rings. The maximum Gasteiger partial charge on any atom is 0.312 e. The van der Waals surface area contributed by atoms with Gasteiger partial charge in [-0.3, -0.25) is 9.59 Å². The zero-order valence-electron chi connectivity index (χ0n) is 17.3. The highest BCUT2D eigenvalue weighted by Gasteiger charge is 2.37. The number of carbonyl (C=O) groups is 2. The van der Waals surface area contributed by atoms with Crippen molar-refractivity contribution in [1.29, 1.82) is 0 Å². The average Bonchev–Trinajstić information content (AvgIpc) is 2.73. The second-order valence-electron chi connectivity index (χ2n) is 8.40. The summed E-state index contributed by atoms with van der Waals surface area (Å²) in [6, 6.07) is 5.94. The first kappa shape index (κ1) is 22.4. The first-order valence-electron chi connectivity index (χ1n) is 10.6. The summed E-state index contributed by atoms with van der Waals surface area (Å²) in [5.74, 6) is 0.0238. The second kappa shape index (κ2) is 10.1. The molecule has 160 valence electrons. The van der Waals surface area contributed by atoms with Crippen molar-refractivity contribution in [2.24, 2.45) is 11.8 Å². The fourth-order valence-electron chi connectivity index (χ4n) is 4.32. The van der Waals surface area contributed by atoms with Gasteiger partial charge in [0.1, 0.15) is 0 Å². The SMILES string of the molecule is CC[C@H](C)[C@H]1CNC(=O)C(=O)N1CC1CCN(CCc2ccc(Cl)c(Cl)c2)CC1. The molecule has 2 aliphatic heterocycles. The molecule has 0 bridgehead atoms. The number of nitrogens with zero attached hydrogens (tertiary/aromatic N) is 2. The van der Waals surface area contributed by atoms with Crippen molar-refractivity contribution in [2.45, 2.75) is 45.6 Å². The van der Waals surface area contributed by atoms with Crippen LogP contribution in [0.3, 0.4) is 0 Å². The van der Waals surface area contributed by atoms with E-state index in [-0.39, 0.29) is 11.9 Å². The van der Waals surface area contributed by atoms with Gasteiger partial charge in [0.25, 0.3) is 0 Å². The molecule has 3 rings (SSSR count). The highest BCUT2D eigenvalue weighted by Crippen LogP contribution is 2.25. The molecule has 0 saturated carbocycles. The smallest absolute Gasteiger partial charge is 0.312 e. The van der Waals surface area contributed by atoms with Gasteiger partial charge in [0, 0.05) is 19.6 Å². The van der Waals surface area contributed by atoms with Crippen molar-refractivity contribution < 1.29 is 9.59 Å². The van der Waals surface area contributed by atoms with E-state index in [1.807, 2.05) is 23.1 Å². The van der Waals surface area contributed by atoms with E-state index >= 15 is 0 Å². The summed E-state index contributed by atoms with van der Waals surface area (Å²) in [4.78, 5) is 28.7. The maximum atomic E-state index is 12.5. The van der Waals surface area contributed by atoms with Gasteiger partial charge in [-0.25, -0.2) is 0 Å². The van der Waals surface area contributed by atoms with Crippen molar-refractivity contribution in [2.75, 3.05) is 32.7 Å². The number of halogens is 2. The Bertz CT molecular complexity index is 735. The van der Waals surface area contributed by atoms with Gasteiger partial charge in [0.2, 0.25) is 0 Å². The maximum absolute atomic E-state index is 12.5. The number of piperidine rings is 1. The molecule has 2 heterocycles. The van der Waals surface area contributed by atoms with Crippen molar-refractivity contribution >= 4 is 35.0 Å². The predicted molar refractivity (Wildman–Crippen MR) is 117 cm³/mol. The molecule has 0 unspecified atom stereocenters. The Balaban J connectivity index is 1.49. The molecule has 2 amide bonds. The number of piperazine rings is 1. The Morgan fingerprint density at radius 2 is 1.90 bits per heavy atom. The van der Waals surface area contributed by atoms with Crippen LogP contribution < -0.4 is 5.32 Å². The summed E-state index contributed by atoms with van der Waals surface area (Å²) in [6.45, 7) is 8.60. The lowest BCUT2D eigenvalue weighted by molar-refractivity contribution is -0.152. The molecule has 0 aromatic heterocycles. The highest BCUT2D eigenvalue weighted by molar-refractivity contribution is 6.42. The van der Waals surface area contributed by atoms with Crippen LogP contribution in [0, 0.1) is 11.8 Å². The van der Waals surface area contributed by atoms with Crippen LogP contribution in [-0.2, 0) is 16.0 Å². The minimum atomic E-state index is -0.455. The number of nitrogens with one attached hydrogen (secondary N) is 1. The molecule has 2 atom stereocenters. The van der Waals surface area contributed by atoms with Gasteiger partial charge >= 0.3 is 11.8 Å². The van der Waals surface area contributed by atoms with Gasteiger partial charge in [0.05, 0.1) is 16.1 Å². The Labute approximate surface area is 183 Å². The number of amides is 2. The Morgan fingerprint density at radius 1 is 1.17 bits per heavy atom. The molecule has 0 spiro atoms. The van der Waals surface area contributed by atoms with E-state index in [0.717, 1.165) is 45.3 Å². The minimum Gasteiger partial charge on any atom is -0.346 e.